The lowest BCUT2D eigenvalue weighted by Gasteiger charge is -2.36. The van der Waals surface area contributed by atoms with E-state index in [-0.39, 0.29) is 25.2 Å². The van der Waals surface area contributed by atoms with E-state index in [2.05, 4.69) is 0 Å². The molecule has 0 amide bonds. The molecule has 0 radical (unpaired) electrons. The smallest absolute Gasteiger partial charge is 0.345 e. The minimum Gasteiger partial charge on any atom is -0.478 e. The maximum atomic E-state index is 12.5. The van der Waals surface area contributed by atoms with Gasteiger partial charge in [-0.25, -0.2) is 4.79 Å². The van der Waals surface area contributed by atoms with Crippen molar-refractivity contribution >= 4 is 29.8 Å². The lowest BCUT2D eigenvalue weighted by molar-refractivity contribution is -0.200. The monoisotopic (exact) mass is 496 g/mol. The van der Waals surface area contributed by atoms with Crippen LogP contribution < -0.4 is 4.74 Å². The number of ketones is 1. The molecular weight excluding hydrogens is 468 g/mol. The van der Waals surface area contributed by atoms with E-state index in [1.165, 1.54) is 13.0 Å². The van der Waals surface area contributed by atoms with Gasteiger partial charge in [-0.3, -0.25) is 14.4 Å². The van der Waals surface area contributed by atoms with Gasteiger partial charge >= 0.3 is 17.9 Å². The predicted molar refractivity (Wildman–Crippen MR) is 128 cm³/mol. The van der Waals surface area contributed by atoms with Gasteiger partial charge in [0.1, 0.15) is 12.4 Å². The Morgan fingerprint density at radius 1 is 1.00 bits per heavy atom. The van der Waals surface area contributed by atoms with Crippen molar-refractivity contribution in [1.82, 2.24) is 0 Å². The Morgan fingerprint density at radius 2 is 1.69 bits per heavy atom. The van der Waals surface area contributed by atoms with E-state index in [0.29, 0.717) is 11.3 Å². The molecule has 1 aliphatic heterocycles. The third-order valence-electron chi connectivity index (χ3n) is 5.48. The van der Waals surface area contributed by atoms with E-state index in [1.807, 2.05) is 30.3 Å². The van der Waals surface area contributed by atoms with Crippen LogP contribution >= 0.6 is 0 Å². The zero-order valence-electron chi connectivity index (χ0n) is 20.0. The highest BCUT2D eigenvalue weighted by Crippen LogP contribution is 2.31. The predicted octanol–water partition coefficient (Wildman–Crippen LogP) is 3.66. The van der Waals surface area contributed by atoms with Crippen LogP contribution in [-0.2, 0) is 28.6 Å². The largest absolute Gasteiger partial charge is 0.478 e. The summed E-state index contributed by atoms with van der Waals surface area (Å²) in [6, 6.07) is 15.9. The molecule has 2 aromatic rings. The van der Waals surface area contributed by atoms with E-state index in [9.17, 15) is 24.3 Å². The molecule has 4 atom stereocenters. The second-order valence-corrected chi connectivity index (χ2v) is 8.34. The van der Waals surface area contributed by atoms with Gasteiger partial charge in [0.2, 0.25) is 12.4 Å². The van der Waals surface area contributed by atoms with E-state index < -0.39 is 42.3 Å². The van der Waals surface area contributed by atoms with E-state index in [0.717, 1.165) is 12.5 Å². The maximum absolute atomic E-state index is 12.5. The van der Waals surface area contributed by atoms with Crippen LogP contribution in [0.2, 0.25) is 0 Å². The number of carbonyl (C=O) groups is 4. The number of hydrogen-bond acceptors (Lipinski definition) is 8. The Hall–Kier alpha value is -3.98. The minimum absolute atomic E-state index is 0.0979. The number of rotatable bonds is 10. The second-order valence-electron chi connectivity index (χ2n) is 8.34. The molecule has 1 saturated heterocycles. The van der Waals surface area contributed by atoms with Gasteiger partial charge in [-0.05, 0) is 42.3 Å². The van der Waals surface area contributed by atoms with Gasteiger partial charge in [-0.2, -0.15) is 0 Å². The average molecular weight is 497 g/mol. The van der Waals surface area contributed by atoms with Gasteiger partial charge in [0.05, 0.1) is 6.10 Å². The number of carbonyl (C=O) groups excluding carboxylic acids is 3. The molecule has 4 unspecified atom stereocenters. The number of esters is 2. The van der Waals surface area contributed by atoms with Crippen LogP contribution in [0.15, 0.2) is 60.7 Å². The van der Waals surface area contributed by atoms with Crippen molar-refractivity contribution in [2.75, 3.05) is 6.61 Å². The molecule has 0 bridgehead atoms. The summed E-state index contributed by atoms with van der Waals surface area (Å²) in [5.41, 5.74) is 1.37. The van der Waals surface area contributed by atoms with Gasteiger partial charge in [0.25, 0.3) is 0 Å². The van der Waals surface area contributed by atoms with Crippen molar-refractivity contribution in [3.63, 3.8) is 0 Å². The summed E-state index contributed by atoms with van der Waals surface area (Å²) in [6.45, 7) is 2.29. The van der Waals surface area contributed by atoms with Crippen molar-refractivity contribution in [2.45, 2.75) is 45.2 Å². The first-order chi connectivity index (χ1) is 17.2. The van der Waals surface area contributed by atoms with Gasteiger partial charge < -0.3 is 24.1 Å². The van der Waals surface area contributed by atoms with Crippen LogP contribution in [0.3, 0.4) is 0 Å². The fourth-order valence-electron chi connectivity index (χ4n) is 3.86. The molecule has 0 saturated carbocycles. The van der Waals surface area contributed by atoms with Crippen LogP contribution in [0.1, 0.15) is 42.6 Å². The Bertz CT molecular complexity index is 1090. The van der Waals surface area contributed by atoms with Crippen LogP contribution in [0.5, 0.6) is 5.75 Å². The molecule has 9 nitrogen and oxygen atoms in total. The molecule has 0 spiro atoms. The Morgan fingerprint density at radius 3 is 2.31 bits per heavy atom. The van der Waals surface area contributed by atoms with Crippen LogP contribution in [0.25, 0.3) is 6.08 Å². The lowest BCUT2D eigenvalue weighted by atomic mass is 9.89. The van der Waals surface area contributed by atoms with E-state index in [1.54, 1.807) is 30.3 Å². The molecule has 1 heterocycles. The van der Waals surface area contributed by atoms with Gasteiger partial charge in [0, 0.05) is 31.7 Å². The van der Waals surface area contributed by atoms with Crippen LogP contribution in [0.4, 0.5) is 0 Å². The standard InChI is InChI=1S/C27H28O9/c1-17(28)33-16-23-14-21(26(27(31)32)34-18(2)29)15-25(36-23)35-22-11-9-20(10-12-22)24(30)13-8-19-6-4-3-5-7-19/h3-13,21,23,25-26H,14-16H2,1-2H3,(H,31,32). The molecule has 3 rings (SSSR count). The van der Waals surface area contributed by atoms with E-state index in [4.69, 9.17) is 18.9 Å². The van der Waals surface area contributed by atoms with Gasteiger partial charge in [-0.15, -0.1) is 0 Å². The molecule has 1 fully saturated rings. The Labute approximate surface area is 208 Å². The van der Waals surface area contributed by atoms with E-state index >= 15 is 0 Å². The SMILES string of the molecule is CC(=O)OCC1CC(C(OC(C)=O)C(=O)O)CC(Oc2ccc(C(=O)C=Cc3ccccc3)cc2)O1. The third kappa shape index (κ3) is 8.06. The van der Waals surface area contributed by atoms with Crippen molar-refractivity contribution < 1.29 is 43.2 Å². The Balaban J connectivity index is 1.68. The molecule has 2 aromatic carbocycles. The zero-order valence-corrected chi connectivity index (χ0v) is 20.0. The van der Waals surface area contributed by atoms with Crippen molar-refractivity contribution in [2.24, 2.45) is 5.92 Å². The van der Waals surface area contributed by atoms with Gasteiger partial charge in [-0.1, -0.05) is 36.4 Å². The molecule has 190 valence electrons. The topological polar surface area (TPSA) is 125 Å². The Kier molecular flexibility index (Phi) is 9.35. The second kappa shape index (κ2) is 12.6. The van der Waals surface area contributed by atoms with Gasteiger partial charge in [0.15, 0.2) is 5.78 Å². The number of allylic oxidation sites excluding steroid dienone is 1. The summed E-state index contributed by atoms with van der Waals surface area (Å²) in [7, 11) is 0. The average Bonchev–Trinajstić information content (AvgIpc) is 2.85. The summed E-state index contributed by atoms with van der Waals surface area (Å²) < 4.78 is 21.8. The summed E-state index contributed by atoms with van der Waals surface area (Å²) in [6.07, 6.45) is 0.600. The number of ether oxygens (including phenoxy) is 4. The number of carboxylic acids is 1. The first-order valence-corrected chi connectivity index (χ1v) is 11.4. The maximum Gasteiger partial charge on any atom is 0.345 e. The molecule has 1 N–H and O–H groups in total. The van der Waals surface area contributed by atoms with Crippen LogP contribution in [-0.4, -0.2) is 53.9 Å². The minimum atomic E-state index is -1.39. The normalized spacial score (nSPS) is 20.3. The number of benzene rings is 2. The molecular formula is C27H28O9. The summed E-state index contributed by atoms with van der Waals surface area (Å²) in [5.74, 6) is -2.91. The number of carboxylic acid groups (broad SMARTS) is 1. The van der Waals surface area contributed by atoms with Crippen LogP contribution in [0, 0.1) is 5.92 Å². The summed E-state index contributed by atoms with van der Waals surface area (Å²) in [4.78, 5) is 46.9. The lowest BCUT2D eigenvalue weighted by Crippen LogP contribution is -2.45. The first kappa shape index (κ1) is 26.6. The molecule has 0 aromatic heterocycles. The third-order valence-corrected chi connectivity index (χ3v) is 5.48. The first-order valence-electron chi connectivity index (χ1n) is 11.4. The molecule has 36 heavy (non-hydrogen) atoms. The number of hydrogen-bond donors (Lipinski definition) is 1. The quantitative estimate of drug-likeness (QED) is 0.298. The van der Waals surface area contributed by atoms with Crippen molar-refractivity contribution in [3.8, 4) is 5.75 Å². The highest BCUT2D eigenvalue weighted by molar-refractivity contribution is 6.06. The molecule has 0 aliphatic carbocycles. The molecule has 1 aliphatic rings. The zero-order chi connectivity index (χ0) is 26.1. The summed E-state index contributed by atoms with van der Waals surface area (Å²) in [5, 5.41) is 9.57. The highest BCUT2D eigenvalue weighted by atomic mass is 16.7. The van der Waals surface area contributed by atoms with Crippen molar-refractivity contribution in [3.05, 3.63) is 71.8 Å². The number of aliphatic carboxylic acids is 1. The molecule has 9 heteroatoms. The highest BCUT2D eigenvalue weighted by Gasteiger charge is 2.40. The van der Waals surface area contributed by atoms with Crippen molar-refractivity contribution in [1.29, 1.82) is 0 Å². The fourth-order valence-corrected chi connectivity index (χ4v) is 3.86. The fraction of sp³-hybridized carbons (Fsp3) is 0.333. The summed E-state index contributed by atoms with van der Waals surface area (Å²) >= 11 is 0.